The van der Waals surface area contributed by atoms with Gasteiger partial charge >= 0.3 is 5.97 Å². The molecule has 1 unspecified atom stereocenters. The minimum Gasteiger partial charge on any atom is -0.458 e. The number of fused-ring (bicyclic) bond motifs is 5. The predicted molar refractivity (Wildman–Crippen MR) is 146 cm³/mol. The van der Waals surface area contributed by atoms with Gasteiger partial charge in [-0.2, -0.15) is 0 Å². The monoisotopic (exact) mass is 541 g/mol. The zero-order chi connectivity index (χ0) is 29.0. The molecule has 1 atom stereocenters. The summed E-state index contributed by atoms with van der Waals surface area (Å²) >= 11 is 0. The molecule has 2 N–H and O–H groups in total. The van der Waals surface area contributed by atoms with Gasteiger partial charge in [0.1, 0.15) is 19.0 Å². The van der Waals surface area contributed by atoms with Crippen molar-refractivity contribution < 1.29 is 28.6 Å². The van der Waals surface area contributed by atoms with Crippen molar-refractivity contribution in [2.45, 2.75) is 73.8 Å². The predicted octanol–water partition coefficient (Wildman–Crippen LogP) is 3.84. The fourth-order valence-corrected chi connectivity index (χ4v) is 5.01. The van der Waals surface area contributed by atoms with Crippen LogP contribution in [0.5, 0.6) is 0 Å². The summed E-state index contributed by atoms with van der Waals surface area (Å²) < 4.78 is 26.3. The summed E-state index contributed by atoms with van der Waals surface area (Å²) in [5.74, 6) is -1.59. The third-order valence-corrected chi connectivity index (χ3v) is 6.78. The lowest BCUT2D eigenvalue weighted by Crippen LogP contribution is -2.32. The van der Waals surface area contributed by atoms with Crippen LogP contribution in [-0.4, -0.2) is 40.3 Å². The number of carbonyl (C=O) groups is 2. The number of halogens is 1. The second-order valence-corrected chi connectivity index (χ2v) is 8.70. The molecular formula is C29H36FN3O6. The molecule has 0 bridgehead atoms. The van der Waals surface area contributed by atoms with Crippen molar-refractivity contribution in [1.82, 2.24) is 14.9 Å². The summed E-state index contributed by atoms with van der Waals surface area (Å²) in [6.45, 7) is 11.7. The molecule has 9 nitrogen and oxygen atoms in total. The first kappa shape index (κ1) is 29.9. The van der Waals surface area contributed by atoms with E-state index in [-0.39, 0.29) is 48.9 Å². The molecule has 0 fully saturated rings. The normalized spacial score (nSPS) is 14.7. The van der Waals surface area contributed by atoms with Crippen molar-refractivity contribution in [2.24, 2.45) is 0 Å². The van der Waals surface area contributed by atoms with E-state index in [0.717, 1.165) is 16.5 Å². The number of methoxy groups -OCH3 is 1. The lowest BCUT2D eigenvalue weighted by atomic mass is 9.92. The first-order chi connectivity index (χ1) is 18.8. The van der Waals surface area contributed by atoms with Gasteiger partial charge in [-0.25, -0.2) is 14.2 Å². The number of pyridine rings is 2. The van der Waals surface area contributed by atoms with Crippen LogP contribution in [0.1, 0.15) is 74.1 Å². The molecule has 0 saturated heterocycles. The first-order valence-electron chi connectivity index (χ1n) is 13.3. The highest BCUT2D eigenvalue weighted by molar-refractivity contribution is 5.92. The minimum absolute atomic E-state index is 0.0998. The van der Waals surface area contributed by atoms with Crippen molar-refractivity contribution in [3.05, 3.63) is 61.7 Å². The molecule has 0 aliphatic carbocycles. The maximum atomic E-state index is 14.9. The molecule has 0 saturated carbocycles. The zero-order valence-electron chi connectivity index (χ0n) is 23.5. The van der Waals surface area contributed by atoms with Gasteiger partial charge in [0.25, 0.3) is 5.56 Å². The van der Waals surface area contributed by atoms with Crippen molar-refractivity contribution >= 4 is 22.8 Å². The standard InChI is InChI=1S/C25H24FN3O6.2C2H6/c1-4-12-15-8-29-19(5-13-16(24(29)32)9-35-25(33)23(13)31)22(15)28-18-6-17(26)11(2)14(21(12)18)7-27-20(30)10-34-3;2*1-2/h5-6,23,31H,4,7-10H2,1-3H3,(H,27,30);2*1-2H3. The van der Waals surface area contributed by atoms with Gasteiger partial charge in [0.15, 0.2) is 6.10 Å². The SMILES string of the molecule is CC.CC.CCc1c2c(nc3cc(F)c(C)c(CNC(=O)COC)c13)-c1cc3c(c(=O)n1C2)COC(=O)C3O. The first-order valence-corrected chi connectivity index (χ1v) is 13.3. The molecule has 10 heteroatoms. The molecule has 0 spiro atoms. The molecule has 2 aromatic heterocycles. The Labute approximate surface area is 227 Å². The molecule has 210 valence electrons. The van der Waals surface area contributed by atoms with Crippen LogP contribution >= 0.6 is 0 Å². The molecule has 2 aliphatic heterocycles. The van der Waals surface area contributed by atoms with Crippen molar-refractivity contribution in [1.29, 1.82) is 0 Å². The average molecular weight is 542 g/mol. The number of aliphatic hydroxyl groups excluding tert-OH is 1. The van der Waals surface area contributed by atoms with Crippen LogP contribution < -0.4 is 10.9 Å². The number of aryl methyl sites for hydroxylation is 1. The number of aromatic nitrogens is 2. The Morgan fingerprint density at radius 3 is 2.54 bits per heavy atom. The lowest BCUT2D eigenvalue weighted by molar-refractivity contribution is -0.157. The van der Waals surface area contributed by atoms with E-state index in [1.807, 2.05) is 34.6 Å². The van der Waals surface area contributed by atoms with Gasteiger partial charge in [-0.1, -0.05) is 34.6 Å². The Kier molecular flexibility index (Phi) is 9.58. The third kappa shape index (κ3) is 5.18. The van der Waals surface area contributed by atoms with E-state index in [9.17, 15) is 23.9 Å². The summed E-state index contributed by atoms with van der Waals surface area (Å²) in [5.41, 5.74) is 4.21. The van der Waals surface area contributed by atoms with E-state index in [4.69, 9.17) is 14.5 Å². The Morgan fingerprint density at radius 1 is 1.21 bits per heavy atom. The van der Waals surface area contributed by atoms with Crippen LogP contribution in [0.2, 0.25) is 0 Å². The van der Waals surface area contributed by atoms with E-state index in [1.165, 1.54) is 13.2 Å². The van der Waals surface area contributed by atoms with Gasteiger partial charge in [-0.15, -0.1) is 0 Å². The number of benzene rings is 1. The number of esters is 1. The summed E-state index contributed by atoms with van der Waals surface area (Å²) in [6, 6.07) is 2.96. The van der Waals surface area contributed by atoms with Gasteiger partial charge in [0, 0.05) is 36.2 Å². The Morgan fingerprint density at radius 2 is 1.90 bits per heavy atom. The zero-order valence-corrected chi connectivity index (χ0v) is 23.5. The van der Waals surface area contributed by atoms with Gasteiger partial charge in [-0.05, 0) is 36.1 Å². The van der Waals surface area contributed by atoms with Crippen LogP contribution in [-0.2, 0) is 45.2 Å². The summed E-state index contributed by atoms with van der Waals surface area (Å²) in [4.78, 5) is 41.9. The molecule has 0 radical (unpaired) electrons. The highest BCUT2D eigenvalue weighted by Crippen LogP contribution is 2.39. The molecule has 3 aromatic rings. The van der Waals surface area contributed by atoms with Gasteiger partial charge in [0.05, 0.1) is 29.0 Å². The van der Waals surface area contributed by atoms with E-state index >= 15 is 0 Å². The summed E-state index contributed by atoms with van der Waals surface area (Å²) in [7, 11) is 1.42. The highest BCUT2D eigenvalue weighted by atomic mass is 19.1. The molecular weight excluding hydrogens is 505 g/mol. The number of carbonyl (C=O) groups excluding carboxylic acids is 2. The quantitative estimate of drug-likeness (QED) is 0.369. The number of amides is 1. The number of aliphatic hydroxyl groups is 1. The summed E-state index contributed by atoms with van der Waals surface area (Å²) in [6.07, 6.45) is -0.965. The molecule has 39 heavy (non-hydrogen) atoms. The lowest BCUT2D eigenvalue weighted by Gasteiger charge is -2.21. The number of hydrogen-bond acceptors (Lipinski definition) is 7. The Balaban J connectivity index is 0.00000100. The van der Waals surface area contributed by atoms with Crippen LogP contribution in [0, 0.1) is 12.7 Å². The fraction of sp³-hybridized carbons (Fsp3) is 0.448. The van der Waals surface area contributed by atoms with Crippen LogP contribution in [0.25, 0.3) is 22.3 Å². The van der Waals surface area contributed by atoms with Gasteiger partial charge in [-0.3, -0.25) is 9.59 Å². The number of nitrogens with zero attached hydrogens (tertiary/aromatic N) is 2. The molecule has 2 aliphatic rings. The van der Waals surface area contributed by atoms with Crippen molar-refractivity contribution in [2.75, 3.05) is 13.7 Å². The van der Waals surface area contributed by atoms with Crippen molar-refractivity contribution in [3.8, 4) is 11.4 Å². The van der Waals surface area contributed by atoms with Crippen LogP contribution in [0.15, 0.2) is 16.9 Å². The highest BCUT2D eigenvalue weighted by Gasteiger charge is 2.35. The fourth-order valence-electron chi connectivity index (χ4n) is 5.01. The average Bonchev–Trinajstić information content (AvgIpc) is 3.31. The van der Waals surface area contributed by atoms with Crippen LogP contribution in [0.3, 0.4) is 0 Å². The number of nitrogens with one attached hydrogen (secondary N) is 1. The number of rotatable bonds is 5. The Hall–Kier alpha value is -3.63. The number of ether oxygens (including phenoxy) is 2. The smallest absolute Gasteiger partial charge is 0.340 e. The third-order valence-electron chi connectivity index (χ3n) is 6.78. The van der Waals surface area contributed by atoms with Crippen LogP contribution in [0.4, 0.5) is 4.39 Å². The minimum atomic E-state index is -1.55. The van der Waals surface area contributed by atoms with Gasteiger partial charge in [0.2, 0.25) is 5.91 Å². The van der Waals surface area contributed by atoms with E-state index in [0.29, 0.717) is 34.5 Å². The number of hydrogen-bond donors (Lipinski definition) is 2. The largest absolute Gasteiger partial charge is 0.458 e. The number of cyclic esters (lactones) is 1. The molecule has 1 aromatic carbocycles. The topological polar surface area (TPSA) is 120 Å². The maximum absolute atomic E-state index is 14.9. The van der Waals surface area contributed by atoms with E-state index < -0.39 is 17.9 Å². The van der Waals surface area contributed by atoms with Gasteiger partial charge < -0.3 is 24.5 Å². The molecule has 5 rings (SSSR count). The Bertz CT molecular complexity index is 1480. The molecule has 4 heterocycles. The second-order valence-electron chi connectivity index (χ2n) is 8.70. The van der Waals surface area contributed by atoms with E-state index in [2.05, 4.69) is 5.32 Å². The second kappa shape index (κ2) is 12.5. The maximum Gasteiger partial charge on any atom is 0.340 e. The van der Waals surface area contributed by atoms with E-state index in [1.54, 1.807) is 17.6 Å². The summed E-state index contributed by atoms with van der Waals surface area (Å²) in [5, 5.41) is 13.8. The molecule has 1 amide bonds. The van der Waals surface area contributed by atoms with Crippen molar-refractivity contribution in [3.63, 3.8) is 0 Å².